The van der Waals surface area contributed by atoms with Crippen LogP contribution in [-0.4, -0.2) is 34.1 Å². The summed E-state index contributed by atoms with van der Waals surface area (Å²) in [5.41, 5.74) is 0.698. The topological polar surface area (TPSA) is 101 Å². The van der Waals surface area contributed by atoms with Gasteiger partial charge in [-0.25, -0.2) is 0 Å². The molecule has 0 radical (unpaired) electrons. The molecule has 3 heterocycles. The van der Waals surface area contributed by atoms with E-state index >= 15 is 0 Å². The quantitative estimate of drug-likeness (QED) is 0.375. The van der Waals surface area contributed by atoms with Crippen molar-refractivity contribution in [3.8, 4) is 0 Å². The van der Waals surface area contributed by atoms with Crippen molar-refractivity contribution in [1.29, 1.82) is 0 Å². The van der Waals surface area contributed by atoms with Crippen LogP contribution in [0.1, 0.15) is 33.5 Å². The smallest absolute Gasteiger partial charge is 0.257 e. The van der Waals surface area contributed by atoms with Crippen LogP contribution in [0, 0.1) is 0 Å². The van der Waals surface area contributed by atoms with Crippen molar-refractivity contribution in [3.63, 3.8) is 0 Å². The molecule has 8 nitrogen and oxygen atoms in total. The number of rotatable bonds is 8. The van der Waals surface area contributed by atoms with Gasteiger partial charge in [-0.05, 0) is 42.9 Å². The fourth-order valence-corrected chi connectivity index (χ4v) is 4.00. The van der Waals surface area contributed by atoms with Gasteiger partial charge >= 0.3 is 0 Å². The fraction of sp³-hybridized carbons (Fsp3) is 0.250. The Bertz CT molecular complexity index is 1380. The van der Waals surface area contributed by atoms with Crippen LogP contribution in [0.3, 0.4) is 0 Å². The highest BCUT2D eigenvalue weighted by atomic mass is 35.5. The standard InChI is InChI=1S/C24H23Cl2N3O5/c1-28(13-20(30)21-4-3-7-33-21)11-15-9-16-22(31)17(12-29(2)24(16)34-15)23(32)27-10-14-5-6-18(25)19(26)8-14/h3-9,12,20,30H,10-11,13H2,1-2H3,(H,27,32)/t20-/m1/s1. The number of likely N-dealkylation sites (N-methyl/N-ethyl adjacent to an activating group) is 1. The van der Waals surface area contributed by atoms with E-state index in [1.807, 2.05) is 11.9 Å². The van der Waals surface area contributed by atoms with Crippen LogP contribution in [0.4, 0.5) is 0 Å². The number of pyridine rings is 1. The van der Waals surface area contributed by atoms with Crippen molar-refractivity contribution in [2.24, 2.45) is 7.05 Å². The minimum absolute atomic E-state index is 0.00371. The van der Waals surface area contributed by atoms with Crippen LogP contribution >= 0.6 is 23.2 Å². The van der Waals surface area contributed by atoms with E-state index < -0.39 is 17.4 Å². The predicted octanol–water partition coefficient (Wildman–Crippen LogP) is 4.13. The molecule has 4 rings (SSSR count). The van der Waals surface area contributed by atoms with Crippen molar-refractivity contribution >= 4 is 40.2 Å². The lowest BCUT2D eigenvalue weighted by molar-refractivity contribution is 0.0949. The maximum atomic E-state index is 13.0. The third-order valence-electron chi connectivity index (χ3n) is 5.36. The molecule has 0 saturated carbocycles. The highest BCUT2D eigenvalue weighted by Gasteiger charge is 2.19. The number of carbonyl (C=O) groups is 1. The second-order valence-corrected chi connectivity index (χ2v) is 8.89. The largest absolute Gasteiger partial charge is 0.467 e. The van der Waals surface area contributed by atoms with E-state index in [0.29, 0.717) is 45.8 Å². The van der Waals surface area contributed by atoms with Crippen molar-refractivity contribution < 1.29 is 18.7 Å². The van der Waals surface area contributed by atoms with E-state index in [0.717, 1.165) is 5.56 Å². The number of fused-ring (bicyclic) bond motifs is 1. The van der Waals surface area contributed by atoms with Gasteiger partial charge in [-0.3, -0.25) is 14.5 Å². The Morgan fingerprint density at radius 3 is 2.74 bits per heavy atom. The summed E-state index contributed by atoms with van der Waals surface area (Å²) in [5.74, 6) is 0.501. The first-order valence-electron chi connectivity index (χ1n) is 10.5. The highest BCUT2D eigenvalue weighted by molar-refractivity contribution is 6.42. The number of hydrogen-bond acceptors (Lipinski definition) is 6. The number of aliphatic hydroxyl groups is 1. The molecule has 1 amide bonds. The Labute approximate surface area is 205 Å². The molecular formula is C24H23Cl2N3O5. The summed E-state index contributed by atoms with van der Waals surface area (Å²) < 4.78 is 12.7. The van der Waals surface area contributed by atoms with Crippen LogP contribution in [-0.2, 0) is 20.1 Å². The van der Waals surface area contributed by atoms with Gasteiger partial charge in [-0.2, -0.15) is 0 Å². The minimum atomic E-state index is -0.790. The van der Waals surface area contributed by atoms with Crippen LogP contribution in [0.15, 0.2) is 62.5 Å². The fourth-order valence-electron chi connectivity index (χ4n) is 3.68. The Kier molecular flexibility index (Phi) is 7.13. The summed E-state index contributed by atoms with van der Waals surface area (Å²) in [7, 11) is 3.52. The van der Waals surface area contributed by atoms with Gasteiger partial charge in [-0.15, -0.1) is 0 Å². The monoisotopic (exact) mass is 503 g/mol. The number of carbonyl (C=O) groups excluding carboxylic acids is 1. The van der Waals surface area contributed by atoms with Crippen molar-refractivity contribution in [2.75, 3.05) is 13.6 Å². The molecule has 0 fully saturated rings. The van der Waals surface area contributed by atoms with Gasteiger partial charge in [0.2, 0.25) is 11.1 Å². The summed E-state index contributed by atoms with van der Waals surface area (Å²) in [6.07, 6.45) is 2.17. The van der Waals surface area contributed by atoms with Crippen molar-refractivity contribution in [3.05, 3.63) is 91.8 Å². The van der Waals surface area contributed by atoms with Gasteiger partial charge in [0.1, 0.15) is 23.2 Å². The number of furan rings is 2. The van der Waals surface area contributed by atoms with E-state index in [-0.39, 0.29) is 12.1 Å². The van der Waals surface area contributed by atoms with Crippen molar-refractivity contribution in [2.45, 2.75) is 19.2 Å². The molecular weight excluding hydrogens is 481 g/mol. The molecule has 0 aliphatic heterocycles. The molecule has 0 aliphatic rings. The van der Waals surface area contributed by atoms with Gasteiger partial charge in [0.05, 0.1) is 28.2 Å². The second-order valence-electron chi connectivity index (χ2n) is 8.07. The number of benzene rings is 1. The summed E-state index contributed by atoms with van der Waals surface area (Å²) in [4.78, 5) is 27.6. The molecule has 10 heteroatoms. The Hall–Kier alpha value is -3.04. The number of aliphatic hydroxyl groups excluding tert-OH is 1. The van der Waals surface area contributed by atoms with E-state index in [9.17, 15) is 14.7 Å². The average Bonchev–Trinajstić information content (AvgIpc) is 3.47. The zero-order chi connectivity index (χ0) is 24.4. The number of nitrogens with one attached hydrogen (secondary N) is 1. The molecule has 4 aromatic rings. The molecule has 0 aliphatic carbocycles. The zero-order valence-electron chi connectivity index (χ0n) is 18.5. The molecule has 2 N–H and O–H groups in total. The first-order chi connectivity index (χ1) is 16.2. The molecule has 0 saturated heterocycles. The summed E-state index contributed by atoms with van der Waals surface area (Å²) in [6.45, 7) is 0.852. The molecule has 3 aromatic heterocycles. The Morgan fingerprint density at radius 2 is 2.03 bits per heavy atom. The van der Waals surface area contributed by atoms with Crippen LogP contribution in [0.2, 0.25) is 10.0 Å². The minimum Gasteiger partial charge on any atom is -0.467 e. The maximum absolute atomic E-state index is 13.0. The number of halogens is 2. The van der Waals surface area contributed by atoms with Crippen LogP contribution in [0.25, 0.3) is 11.1 Å². The molecule has 34 heavy (non-hydrogen) atoms. The van der Waals surface area contributed by atoms with Crippen molar-refractivity contribution in [1.82, 2.24) is 14.8 Å². The maximum Gasteiger partial charge on any atom is 0.257 e. The summed E-state index contributed by atoms with van der Waals surface area (Å²) in [5, 5.41) is 14.1. The number of aromatic nitrogens is 1. The molecule has 0 unspecified atom stereocenters. The molecule has 0 bridgehead atoms. The average molecular weight is 504 g/mol. The number of aryl methyl sites for hydroxylation is 1. The summed E-state index contributed by atoms with van der Waals surface area (Å²) >= 11 is 11.9. The normalized spacial score (nSPS) is 12.4. The van der Waals surface area contributed by atoms with E-state index in [4.69, 9.17) is 32.0 Å². The van der Waals surface area contributed by atoms with E-state index in [2.05, 4.69) is 5.32 Å². The van der Waals surface area contributed by atoms with Gasteiger partial charge < -0.3 is 23.8 Å². The third-order valence-corrected chi connectivity index (χ3v) is 6.10. The zero-order valence-corrected chi connectivity index (χ0v) is 20.1. The van der Waals surface area contributed by atoms with Gasteiger partial charge in [0, 0.05) is 26.3 Å². The predicted molar refractivity (Wildman–Crippen MR) is 129 cm³/mol. The lowest BCUT2D eigenvalue weighted by Gasteiger charge is -2.18. The van der Waals surface area contributed by atoms with Crippen LogP contribution < -0.4 is 10.7 Å². The Morgan fingerprint density at radius 1 is 1.24 bits per heavy atom. The molecule has 1 aromatic carbocycles. The number of amides is 1. The second kappa shape index (κ2) is 10.1. The third kappa shape index (κ3) is 5.20. The first kappa shape index (κ1) is 24.1. The Balaban J connectivity index is 1.49. The summed E-state index contributed by atoms with van der Waals surface area (Å²) in [6, 6.07) is 10.1. The molecule has 0 spiro atoms. The highest BCUT2D eigenvalue weighted by Crippen LogP contribution is 2.23. The number of hydrogen-bond donors (Lipinski definition) is 2. The lowest BCUT2D eigenvalue weighted by Crippen LogP contribution is -2.29. The van der Waals surface area contributed by atoms with Gasteiger partial charge in [0.15, 0.2) is 0 Å². The van der Waals surface area contributed by atoms with E-state index in [1.165, 1.54) is 12.5 Å². The first-order valence-corrected chi connectivity index (χ1v) is 11.2. The number of nitrogens with zero attached hydrogens (tertiary/aromatic N) is 2. The lowest BCUT2D eigenvalue weighted by atomic mass is 10.2. The van der Waals surface area contributed by atoms with E-state index in [1.54, 1.807) is 48.0 Å². The molecule has 1 atom stereocenters. The van der Waals surface area contributed by atoms with Crippen LogP contribution in [0.5, 0.6) is 0 Å². The van der Waals surface area contributed by atoms with Gasteiger partial charge in [-0.1, -0.05) is 29.3 Å². The molecule has 178 valence electrons. The van der Waals surface area contributed by atoms with Gasteiger partial charge in [0.25, 0.3) is 5.91 Å². The SMILES string of the molecule is CN(Cc1cc2c(=O)c(C(=O)NCc3ccc(Cl)c(Cl)c3)cn(C)c2o1)C[C@@H](O)c1ccco1.